The minimum absolute atomic E-state index is 0.287. The Bertz CT molecular complexity index is 531. The van der Waals surface area contributed by atoms with Gasteiger partial charge in [-0.1, -0.05) is 30.3 Å². The van der Waals surface area contributed by atoms with Gasteiger partial charge >= 0.3 is 0 Å². The van der Waals surface area contributed by atoms with Gasteiger partial charge in [0.05, 0.1) is 6.61 Å². The SMILES string of the molecule is Fc1ccc(NC(=S)NOCc2ccccc2)cc1. The fourth-order valence-electron chi connectivity index (χ4n) is 1.45. The Morgan fingerprint density at radius 2 is 1.74 bits per heavy atom. The molecule has 0 saturated heterocycles. The van der Waals surface area contributed by atoms with E-state index in [0.29, 0.717) is 17.4 Å². The summed E-state index contributed by atoms with van der Waals surface area (Å²) in [6.07, 6.45) is 0. The highest BCUT2D eigenvalue weighted by atomic mass is 32.1. The Balaban J connectivity index is 1.74. The summed E-state index contributed by atoms with van der Waals surface area (Å²) >= 11 is 5.04. The first-order valence-electron chi connectivity index (χ1n) is 5.72. The Kier molecular flexibility index (Phi) is 4.83. The maximum atomic E-state index is 12.7. The van der Waals surface area contributed by atoms with Crippen molar-refractivity contribution < 1.29 is 9.23 Å². The van der Waals surface area contributed by atoms with Crippen molar-refractivity contribution in [2.75, 3.05) is 5.32 Å². The van der Waals surface area contributed by atoms with Crippen LogP contribution in [-0.4, -0.2) is 5.11 Å². The number of nitrogens with one attached hydrogen (secondary N) is 2. The zero-order valence-corrected chi connectivity index (χ0v) is 10.9. The van der Waals surface area contributed by atoms with Crippen molar-refractivity contribution in [2.24, 2.45) is 0 Å². The molecule has 0 aromatic heterocycles. The van der Waals surface area contributed by atoms with Crippen LogP contribution < -0.4 is 10.8 Å². The molecule has 2 N–H and O–H groups in total. The highest BCUT2D eigenvalue weighted by Crippen LogP contribution is 2.07. The Labute approximate surface area is 116 Å². The maximum absolute atomic E-state index is 12.7. The molecule has 0 radical (unpaired) electrons. The van der Waals surface area contributed by atoms with Crippen molar-refractivity contribution in [3.63, 3.8) is 0 Å². The van der Waals surface area contributed by atoms with E-state index in [1.807, 2.05) is 30.3 Å². The minimum atomic E-state index is -0.287. The number of hydrogen-bond donors (Lipinski definition) is 2. The van der Waals surface area contributed by atoms with E-state index in [9.17, 15) is 4.39 Å². The lowest BCUT2D eigenvalue weighted by Gasteiger charge is -2.10. The summed E-state index contributed by atoms with van der Waals surface area (Å²) in [5.74, 6) is -0.287. The van der Waals surface area contributed by atoms with Gasteiger partial charge in [-0.3, -0.25) is 4.84 Å². The summed E-state index contributed by atoms with van der Waals surface area (Å²) in [6, 6.07) is 15.6. The van der Waals surface area contributed by atoms with Crippen LogP contribution in [-0.2, 0) is 11.4 Å². The quantitative estimate of drug-likeness (QED) is 0.663. The molecule has 0 atom stereocenters. The predicted octanol–water partition coefficient (Wildman–Crippen LogP) is 3.24. The van der Waals surface area contributed by atoms with Crippen molar-refractivity contribution in [2.45, 2.75) is 6.61 Å². The van der Waals surface area contributed by atoms with Crippen molar-refractivity contribution in [3.05, 3.63) is 66.0 Å². The normalized spacial score (nSPS) is 9.95. The number of benzene rings is 2. The molecule has 0 saturated carbocycles. The van der Waals surface area contributed by atoms with Crippen LogP contribution in [0, 0.1) is 5.82 Å². The van der Waals surface area contributed by atoms with E-state index < -0.39 is 0 Å². The first kappa shape index (κ1) is 13.5. The molecule has 2 rings (SSSR count). The molecule has 3 nitrogen and oxygen atoms in total. The fraction of sp³-hybridized carbons (Fsp3) is 0.0714. The van der Waals surface area contributed by atoms with Gasteiger partial charge in [-0.25, -0.2) is 9.87 Å². The molecule has 2 aromatic carbocycles. The minimum Gasteiger partial charge on any atom is -0.331 e. The average Bonchev–Trinajstić information content (AvgIpc) is 2.43. The number of anilines is 1. The number of halogens is 1. The van der Waals surface area contributed by atoms with Gasteiger partial charge in [0.2, 0.25) is 0 Å². The van der Waals surface area contributed by atoms with Crippen molar-refractivity contribution in [3.8, 4) is 0 Å². The Morgan fingerprint density at radius 1 is 1.05 bits per heavy atom. The second-order valence-electron chi connectivity index (χ2n) is 3.84. The molecular weight excluding hydrogens is 263 g/mol. The lowest BCUT2D eigenvalue weighted by atomic mass is 10.2. The molecule has 0 aliphatic rings. The van der Waals surface area contributed by atoms with Crippen LogP contribution in [0.4, 0.5) is 10.1 Å². The summed E-state index contributed by atoms with van der Waals surface area (Å²) < 4.78 is 12.7. The highest BCUT2D eigenvalue weighted by molar-refractivity contribution is 7.80. The molecule has 5 heteroatoms. The van der Waals surface area contributed by atoms with Crippen molar-refractivity contribution >= 4 is 23.0 Å². The van der Waals surface area contributed by atoms with Crippen LogP contribution in [0.2, 0.25) is 0 Å². The molecule has 0 heterocycles. The molecule has 0 aliphatic carbocycles. The van der Waals surface area contributed by atoms with E-state index in [1.54, 1.807) is 12.1 Å². The molecule has 0 spiro atoms. The molecule has 19 heavy (non-hydrogen) atoms. The highest BCUT2D eigenvalue weighted by Gasteiger charge is 1.98. The third-order valence-corrected chi connectivity index (χ3v) is 2.53. The van der Waals surface area contributed by atoms with Gasteiger partial charge in [0, 0.05) is 5.69 Å². The summed E-state index contributed by atoms with van der Waals surface area (Å²) in [6.45, 7) is 0.409. The Hall–Kier alpha value is -1.98. The van der Waals surface area contributed by atoms with Crippen molar-refractivity contribution in [1.82, 2.24) is 5.48 Å². The second kappa shape index (κ2) is 6.82. The van der Waals surface area contributed by atoms with E-state index in [1.165, 1.54) is 12.1 Å². The second-order valence-corrected chi connectivity index (χ2v) is 4.25. The number of hydrogen-bond acceptors (Lipinski definition) is 2. The van der Waals surface area contributed by atoms with Gasteiger partial charge in [-0.05, 0) is 42.0 Å². The standard InChI is InChI=1S/C14H13FN2OS/c15-12-6-8-13(9-7-12)16-14(19)17-18-10-11-4-2-1-3-5-11/h1-9H,10H2,(H2,16,17,19). The molecule has 0 amide bonds. The number of rotatable bonds is 4. The summed E-state index contributed by atoms with van der Waals surface area (Å²) in [5.41, 5.74) is 4.36. The monoisotopic (exact) mass is 276 g/mol. The van der Waals surface area contributed by atoms with Crippen LogP contribution >= 0.6 is 12.2 Å². The van der Waals surface area contributed by atoms with Crippen LogP contribution in [0.5, 0.6) is 0 Å². The smallest absolute Gasteiger partial charge is 0.195 e. The Morgan fingerprint density at radius 3 is 2.42 bits per heavy atom. The third kappa shape index (κ3) is 4.65. The van der Waals surface area contributed by atoms with E-state index in [2.05, 4.69) is 10.8 Å². The van der Waals surface area contributed by atoms with Gasteiger partial charge in [-0.2, -0.15) is 0 Å². The largest absolute Gasteiger partial charge is 0.331 e. The maximum Gasteiger partial charge on any atom is 0.195 e. The fourth-order valence-corrected chi connectivity index (χ4v) is 1.63. The van der Waals surface area contributed by atoms with Crippen LogP contribution in [0.1, 0.15) is 5.56 Å². The average molecular weight is 276 g/mol. The number of hydroxylamine groups is 1. The molecule has 0 bridgehead atoms. The third-order valence-electron chi connectivity index (χ3n) is 2.35. The van der Waals surface area contributed by atoms with Gasteiger partial charge in [0.15, 0.2) is 5.11 Å². The van der Waals surface area contributed by atoms with E-state index >= 15 is 0 Å². The molecule has 98 valence electrons. The summed E-state index contributed by atoms with van der Waals surface area (Å²) in [5, 5.41) is 3.21. The van der Waals surface area contributed by atoms with Crippen LogP contribution in [0.25, 0.3) is 0 Å². The van der Waals surface area contributed by atoms with Crippen LogP contribution in [0.3, 0.4) is 0 Å². The zero-order valence-electron chi connectivity index (χ0n) is 10.1. The zero-order chi connectivity index (χ0) is 13.5. The lowest BCUT2D eigenvalue weighted by Crippen LogP contribution is -2.28. The first-order valence-corrected chi connectivity index (χ1v) is 6.13. The van der Waals surface area contributed by atoms with Gasteiger partial charge in [0.1, 0.15) is 5.82 Å². The molecule has 0 fully saturated rings. The van der Waals surface area contributed by atoms with E-state index in [-0.39, 0.29) is 5.82 Å². The van der Waals surface area contributed by atoms with Gasteiger partial charge in [0.25, 0.3) is 0 Å². The topological polar surface area (TPSA) is 33.3 Å². The van der Waals surface area contributed by atoms with Gasteiger partial charge in [-0.15, -0.1) is 0 Å². The summed E-state index contributed by atoms with van der Waals surface area (Å²) in [4.78, 5) is 5.25. The van der Waals surface area contributed by atoms with Crippen LogP contribution in [0.15, 0.2) is 54.6 Å². The number of thiocarbonyl (C=S) groups is 1. The summed E-state index contributed by atoms with van der Waals surface area (Å²) in [7, 11) is 0. The lowest BCUT2D eigenvalue weighted by molar-refractivity contribution is 0.0728. The molecular formula is C14H13FN2OS. The molecule has 0 aliphatic heterocycles. The first-order chi connectivity index (χ1) is 9.24. The van der Waals surface area contributed by atoms with E-state index in [4.69, 9.17) is 17.1 Å². The molecule has 2 aromatic rings. The van der Waals surface area contributed by atoms with Crippen molar-refractivity contribution in [1.29, 1.82) is 0 Å². The molecule has 0 unspecified atom stereocenters. The predicted molar refractivity (Wildman–Crippen MR) is 77.0 cm³/mol. The van der Waals surface area contributed by atoms with E-state index in [0.717, 1.165) is 5.56 Å². The van der Waals surface area contributed by atoms with Gasteiger partial charge < -0.3 is 5.32 Å².